The van der Waals surface area contributed by atoms with Crippen LogP contribution in [0.25, 0.3) is 10.9 Å². The zero-order valence-electron chi connectivity index (χ0n) is 14.6. The van der Waals surface area contributed by atoms with Gasteiger partial charge >= 0.3 is 0 Å². The lowest BCUT2D eigenvalue weighted by Crippen LogP contribution is -2.09. The Morgan fingerprint density at radius 3 is 1.96 bits per heavy atom. The van der Waals surface area contributed by atoms with Gasteiger partial charge in [0.05, 0.1) is 0 Å². The first-order chi connectivity index (χ1) is 12.8. The van der Waals surface area contributed by atoms with Crippen LogP contribution in [-0.2, 0) is 9.05 Å². The first-order valence-electron chi connectivity index (χ1n) is 8.23. The summed E-state index contributed by atoms with van der Waals surface area (Å²) in [5.41, 5.74) is 2.38. The van der Waals surface area contributed by atoms with Crippen molar-refractivity contribution in [3.63, 3.8) is 0 Å². The lowest BCUT2D eigenvalue weighted by molar-refractivity contribution is 0.345. The van der Waals surface area contributed by atoms with Crippen LogP contribution in [-0.4, -0.2) is 19.5 Å². The van der Waals surface area contributed by atoms with E-state index < -0.39 is 7.34 Å². The van der Waals surface area contributed by atoms with Crippen molar-refractivity contribution in [2.75, 3.05) is 14.2 Å². The third kappa shape index (κ3) is 2.98. The molecule has 3 aromatic rings. The number of benzene rings is 1. The van der Waals surface area contributed by atoms with Crippen molar-refractivity contribution in [3.05, 3.63) is 92.8 Å². The van der Waals surface area contributed by atoms with Crippen molar-refractivity contribution in [3.8, 4) is 0 Å². The van der Waals surface area contributed by atoms with Crippen LogP contribution in [0.3, 0.4) is 0 Å². The van der Waals surface area contributed by atoms with E-state index in [2.05, 4.69) is 71.4 Å². The standard InChI is InChI=1S/C21H19O2PS2/c1-22-24(23-2)18(20-10-6-12-25-20)14-17(16-8-4-3-5-9-16)15-19(24)21-11-7-13-26-21/h3-15H,1-2H3. The van der Waals surface area contributed by atoms with E-state index in [1.54, 1.807) is 36.9 Å². The molecule has 0 saturated heterocycles. The van der Waals surface area contributed by atoms with E-state index in [0.717, 1.165) is 10.6 Å². The Morgan fingerprint density at radius 1 is 0.731 bits per heavy atom. The Kier molecular flexibility index (Phi) is 5.12. The van der Waals surface area contributed by atoms with Gasteiger partial charge < -0.3 is 9.05 Å². The molecule has 1 aromatic carbocycles. The molecule has 0 saturated carbocycles. The summed E-state index contributed by atoms with van der Waals surface area (Å²) in [6.07, 6.45) is 4.47. The first kappa shape index (κ1) is 17.7. The monoisotopic (exact) mass is 398 g/mol. The number of thiophene rings is 2. The van der Waals surface area contributed by atoms with E-state index in [0.29, 0.717) is 0 Å². The van der Waals surface area contributed by atoms with Gasteiger partial charge in [0, 0.05) is 34.6 Å². The molecule has 4 rings (SSSR count). The summed E-state index contributed by atoms with van der Waals surface area (Å²) in [4.78, 5) is 2.38. The van der Waals surface area contributed by atoms with E-state index in [9.17, 15) is 0 Å². The Hall–Kier alpha value is -1.68. The minimum Gasteiger partial charge on any atom is -0.337 e. The molecular formula is C21H19O2PS2. The maximum Gasteiger partial charge on any atom is 0.164 e. The van der Waals surface area contributed by atoms with Gasteiger partial charge in [0.15, 0.2) is 7.34 Å². The SMILES string of the molecule is COP1(OC)=C(c2cccs2)C=C(c2ccccc2)C=C1c1cccs1. The van der Waals surface area contributed by atoms with Gasteiger partial charge in [0.25, 0.3) is 0 Å². The van der Waals surface area contributed by atoms with Gasteiger partial charge in [0.2, 0.25) is 0 Å². The van der Waals surface area contributed by atoms with Gasteiger partial charge in [-0.05, 0) is 46.2 Å². The van der Waals surface area contributed by atoms with Crippen molar-refractivity contribution in [2.45, 2.75) is 0 Å². The van der Waals surface area contributed by atoms with Gasteiger partial charge in [-0.15, -0.1) is 22.7 Å². The molecule has 1 aliphatic heterocycles. The highest BCUT2D eigenvalue weighted by Crippen LogP contribution is 2.66. The van der Waals surface area contributed by atoms with Crippen molar-refractivity contribution in [1.29, 1.82) is 0 Å². The van der Waals surface area contributed by atoms with E-state index in [1.807, 2.05) is 6.07 Å². The summed E-state index contributed by atoms with van der Waals surface area (Å²) in [5, 5.41) is 6.48. The fourth-order valence-electron chi connectivity index (χ4n) is 3.18. The van der Waals surface area contributed by atoms with E-state index in [1.165, 1.54) is 20.9 Å². The third-order valence-electron chi connectivity index (χ3n) is 4.39. The molecule has 0 spiro atoms. The minimum absolute atomic E-state index is 1.14. The van der Waals surface area contributed by atoms with E-state index >= 15 is 0 Å². The molecule has 132 valence electrons. The van der Waals surface area contributed by atoms with Crippen LogP contribution < -0.4 is 0 Å². The number of rotatable bonds is 5. The molecule has 0 amide bonds. The normalized spacial score (nSPS) is 16.3. The van der Waals surface area contributed by atoms with Crippen LogP contribution in [0, 0.1) is 0 Å². The average Bonchev–Trinajstić information content (AvgIpc) is 3.41. The second-order valence-electron chi connectivity index (χ2n) is 5.75. The first-order valence-corrected chi connectivity index (χ1v) is 11.6. The largest absolute Gasteiger partial charge is 0.337 e. The van der Waals surface area contributed by atoms with Gasteiger partial charge in [-0.3, -0.25) is 0 Å². The van der Waals surface area contributed by atoms with Gasteiger partial charge in [-0.1, -0.05) is 42.5 Å². The Bertz CT molecular complexity index is 990. The molecule has 0 N–H and O–H groups in total. The predicted octanol–water partition coefficient (Wildman–Crippen LogP) is 6.61. The summed E-state index contributed by atoms with van der Waals surface area (Å²) in [6.45, 7) is 0. The van der Waals surface area contributed by atoms with Gasteiger partial charge in [-0.25, -0.2) is 0 Å². The van der Waals surface area contributed by atoms with Crippen LogP contribution in [0.1, 0.15) is 15.3 Å². The van der Waals surface area contributed by atoms with Crippen molar-refractivity contribution in [1.82, 2.24) is 0 Å². The summed E-state index contributed by atoms with van der Waals surface area (Å²) >= 11 is 3.44. The molecule has 3 heterocycles. The summed E-state index contributed by atoms with van der Waals surface area (Å²) < 4.78 is 12.3. The fourth-order valence-corrected chi connectivity index (χ4v) is 8.04. The zero-order valence-corrected chi connectivity index (χ0v) is 17.1. The molecule has 2 aromatic heterocycles. The molecule has 0 atom stereocenters. The van der Waals surface area contributed by atoms with Gasteiger partial charge in [0.1, 0.15) is 0 Å². The number of hydrogen-bond acceptors (Lipinski definition) is 4. The van der Waals surface area contributed by atoms with Crippen LogP contribution >= 0.6 is 30.0 Å². The molecule has 5 heteroatoms. The van der Waals surface area contributed by atoms with Crippen LogP contribution in [0.4, 0.5) is 0 Å². The Balaban J connectivity index is 2.05. The molecule has 2 nitrogen and oxygen atoms in total. The highest BCUT2D eigenvalue weighted by Gasteiger charge is 2.33. The second-order valence-corrected chi connectivity index (χ2v) is 10.4. The fraction of sp³-hybridized carbons (Fsp3) is 0.0952. The second kappa shape index (κ2) is 7.51. The Labute approximate surface area is 162 Å². The van der Waals surface area contributed by atoms with E-state index in [-0.39, 0.29) is 0 Å². The van der Waals surface area contributed by atoms with E-state index in [4.69, 9.17) is 9.05 Å². The average molecular weight is 398 g/mol. The summed E-state index contributed by atoms with van der Waals surface area (Å²) in [6, 6.07) is 18.9. The third-order valence-corrected chi connectivity index (χ3v) is 9.53. The smallest absolute Gasteiger partial charge is 0.164 e. The van der Waals surface area contributed by atoms with Crippen molar-refractivity contribution in [2.24, 2.45) is 0 Å². The summed E-state index contributed by atoms with van der Waals surface area (Å²) in [7, 11) is 1.13. The maximum absolute atomic E-state index is 6.14. The minimum atomic E-state index is -2.39. The molecule has 0 unspecified atom stereocenters. The molecule has 0 fully saturated rings. The topological polar surface area (TPSA) is 18.5 Å². The lowest BCUT2D eigenvalue weighted by atomic mass is 10.0. The number of allylic oxidation sites excluding steroid dienone is 3. The highest BCUT2D eigenvalue weighted by molar-refractivity contribution is 7.78. The molecular weight excluding hydrogens is 379 g/mol. The quantitative estimate of drug-likeness (QED) is 0.450. The highest BCUT2D eigenvalue weighted by atomic mass is 32.1. The molecule has 0 bridgehead atoms. The number of hydrogen-bond donors (Lipinski definition) is 0. The molecule has 0 aliphatic carbocycles. The van der Waals surface area contributed by atoms with Crippen LogP contribution in [0.2, 0.25) is 0 Å². The zero-order chi connectivity index (χ0) is 18.0. The molecule has 1 aliphatic rings. The molecule has 0 radical (unpaired) electrons. The summed E-state index contributed by atoms with van der Waals surface area (Å²) in [5.74, 6) is 0. The Morgan fingerprint density at radius 2 is 1.38 bits per heavy atom. The van der Waals surface area contributed by atoms with Crippen molar-refractivity contribution < 1.29 is 9.05 Å². The van der Waals surface area contributed by atoms with Crippen LogP contribution in [0.5, 0.6) is 0 Å². The van der Waals surface area contributed by atoms with Crippen LogP contribution in [0.15, 0.2) is 77.5 Å². The predicted molar refractivity (Wildman–Crippen MR) is 116 cm³/mol. The van der Waals surface area contributed by atoms with Gasteiger partial charge in [-0.2, -0.15) is 0 Å². The molecule has 26 heavy (non-hydrogen) atoms. The van der Waals surface area contributed by atoms with Crippen molar-refractivity contribution >= 4 is 46.2 Å². The maximum atomic E-state index is 6.14. The lowest BCUT2D eigenvalue weighted by Gasteiger charge is -2.31.